The molecule has 0 atom stereocenters. The van der Waals surface area contributed by atoms with Gasteiger partial charge in [0.2, 0.25) is 0 Å². The minimum atomic E-state index is -0.947. The van der Waals surface area contributed by atoms with Crippen LogP contribution in [0.25, 0.3) is 0 Å². The number of carboxylic acids is 1. The smallest absolute Gasteiger partial charge is 0.335 e. The Hall–Kier alpha value is -2.87. The molecule has 0 unspecified atom stereocenters. The molecule has 5 nitrogen and oxygen atoms in total. The summed E-state index contributed by atoms with van der Waals surface area (Å²) in [5.74, 6) is -0.947. The van der Waals surface area contributed by atoms with Crippen molar-refractivity contribution in [3.8, 4) is 6.07 Å². The molecule has 94 valence electrons. The average molecular weight is 253 g/mol. The van der Waals surface area contributed by atoms with Crippen LogP contribution in [-0.4, -0.2) is 16.1 Å². The fourth-order valence-corrected chi connectivity index (χ4v) is 1.62. The van der Waals surface area contributed by atoms with Crippen LogP contribution in [0.3, 0.4) is 0 Å². The number of nitrogens with zero attached hydrogens (tertiary/aromatic N) is 2. The summed E-state index contributed by atoms with van der Waals surface area (Å²) in [6.45, 7) is 0.482. The maximum atomic E-state index is 10.8. The summed E-state index contributed by atoms with van der Waals surface area (Å²) in [5.41, 5.74) is 2.22. The van der Waals surface area contributed by atoms with Gasteiger partial charge in [0.1, 0.15) is 11.8 Å². The van der Waals surface area contributed by atoms with Crippen molar-refractivity contribution >= 4 is 11.7 Å². The highest BCUT2D eigenvalue weighted by Gasteiger charge is 2.03. The molecule has 19 heavy (non-hydrogen) atoms. The highest BCUT2D eigenvalue weighted by atomic mass is 16.4. The fourth-order valence-electron chi connectivity index (χ4n) is 1.62. The Morgan fingerprint density at radius 3 is 2.95 bits per heavy atom. The molecular formula is C14H11N3O2. The zero-order valence-electron chi connectivity index (χ0n) is 10.00. The lowest BCUT2D eigenvalue weighted by molar-refractivity contribution is 0.0697. The van der Waals surface area contributed by atoms with E-state index in [1.54, 1.807) is 36.5 Å². The molecule has 2 aromatic rings. The Morgan fingerprint density at radius 1 is 1.37 bits per heavy atom. The summed E-state index contributed by atoms with van der Waals surface area (Å²) < 4.78 is 0. The van der Waals surface area contributed by atoms with Gasteiger partial charge in [0.25, 0.3) is 0 Å². The van der Waals surface area contributed by atoms with Gasteiger partial charge in [-0.2, -0.15) is 5.26 Å². The van der Waals surface area contributed by atoms with E-state index in [1.165, 1.54) is 0 Å². The van der Waals surface area contributed by atoms with Gasteiger partial charge in [-0.1, -0.05) is 12.1 Å². The van der Waals surface area contributed by atoms with E-state index < -0.39 is 5.97 Å². The zero-order valence-corrected chi connectivity index (χ0v) is 10.00. The molecule has 0 radical (unpaired) electrons. The van der Waals surface area contributed by atoms with Crippen LogP contribution in [0.5, 0.6) is 0 Å². The van der Waals surface area contributed by atoms with Crippen LogP contribution in [0.4, 0.5) is 5.69 Å². The van der Waals surface area contributed by atoms with Crippen LogP contribution in [0.1, 0.15) is 21.6 Å². The summed E-state index contributed by atoms with van der Waals surface area (Å²) in [6, 6.07) is 12.1. The molecule has 0 spiro atoms. The fraction of sp³-hybridized carbons (Fsp3) is 0.0714. The molecule has 0 fully saturated rings. The van der Waals surface area contributed by atoms with Gasteiger partial charge in [-0.05, 0) is 29.8 Å². The van der Waals surface area contributed by atoms with E-state index in [1.807, 2.05) is 12.1 Å². The van der Waals surface area contributed by atoms with E-state index in [9.17, 15) is 4.79 Å². The largest absolute Gasteiger partial charge is 0.478 e. The number of nitriles is 1. The normalized spacial score (nSPS) is 9.63. The molecule has 0 saturated carbocycles. The van der Waals surface area contributed by atoms with Crippen molar-refractivity contribution in [3.05, 3.63) is 59.4 Å². The number of hydrogen-bond donors (Lipinski definition) is 2. The highest BCUT2D eigenvalue weighted by Crippen LogP contribution is 2.11. The first-order valence-electron chi connectivity index (χ1n) is 5.61. The number of carbonyl (C=O) groups is 1. The van der Waals surface area contributed by atoms with E-state index >= 15 is 0 Å². The van der Waals surface area contributed by atoms with Crippen LogP contribution < -0.4 is 5.32 Å². The minimum absolute atomic E-state index is 0.256. The molecule has 1 heterocycles. The standard InChI is InChI=1S/C14H11N3O2/c15-8-13-7-12(4-5-16-13)17-9-10-2-1-3-11(6-10)14(18)19/h1-7H,9H2,(H,16,17)(H,18,19). The SMILES string of the molecule is N#Cc1cc(NCc2cccc(C(=O)O)c2)ccn1. The predicted octanol–water partition coefficient (Wildman–Crippen LogP) is 2.26. The van der Waals surface area contributed by atoms with Crippen molar-refractivity contribution < 1.29 is 9.90 Å². The van der Waals surface area contributed by atoms with Crippen LogP contribution in [0.2, 0.25) is 0 Å². The highest BCUT2D eigenvalue weighted by molar-refractivity contribution is 5.87. The molecule has 0 saturated heterocycles. The van der Waals surface area contributed by atoms with Gasteiger partial charge in [-0.25, -0.2) is 9.78 Å². The average Bonchev–Trinajstić information content (AvgIpc) is 2.45. The first-order valence-corrected chi connectivity index (χ1v) is 5.61. The van der Waals surface area contributed by atoms with Crippen molar-refractivity contribution in [2.45, 2.75) is 6.54 Å². The predicted molar refractivity (Wildman–Crippen MR) is 69.7 cm³/mol. The summed E-state index contributed by atoms with van der Waals surface area (Å²) in [5, 5.41) is 20.8. The second kappa shape index (κ2) is 5.65. The van der Waals surface area contributed by atoms with Crippen LogP contribution in [0, 0.1) is 11.3 Å². The topological polar surface area (TPSA) is 86.0 Å². The van der Waals surface area contributed by atoms with Crippen molar-refractivity contribution in [2.24, 2.45) is 0 Å². The molecule has 0 bridgehead atoms. The number of pyridine rings is 1. The van der Waals surface area contributed by atoms with Crippen LogP contribution >= 0.6 is 0 Å². The maximum absolute atomic E-state index is 10.8. The van der Waals surface area contributed by atoms with Crippen LogP contribution in [0.15, 0.2) is 42.6 Å². The lowest BCUT2D eigenvalue weighted by atomic mass is 10.1. The summed E-state index contributed by atoms with van der Waals surface area (Å²) >= 11 is 0. The number of anilines is 1. The summed E-state index contributed by atoms with van der Waals surface area (Å²) in [7, 11) is 0. The molecule has 2 rings (SSSR count). The molecule has 2 N–H and O–H groups in total. The van der Waals surface area contributed by atoms with E-state index in [0.29, 0.717) is 12.2 Å². The van der Waals surface area contributed by atoms with Gasteiger partial charge >= 0.3 is 5.97 Å². The molecule has 0 aliphatic carbocycles. The number of aromatic nitrogens is 1. The molecule has 0 amide bonds. The Kier molecular flexibility index (Phi) is 3.74. The number of aromatic carboxylic acids is 1. The van der Waals surface area contributed by atoms with E-state index in [-0.39, 0.29) is 5.56 Å². The van der Waals surface area contributed by atoms with Gasteiger partial charge in [-0.3, -0.25) is 0 Å². The van der Waals surface area contributed by atoms with E-state index in [2.05, 4.69) is 10.3 Å². The number of benzene rings is 1. The number of hydrogen-bond acceptors (Lipinski definition) is 4. The minimum Gasteiger partial charge on any atom is -0.478 e. The Labute approximate surface area is 110 Å². The number of carboxylic acid groups (broad SMARTS) is 1. The summed E-state index contributed by atoms with van der Waals surface area (Å²) in [6.07, 6.45) is 1.55. The van der Waals surface area contributed by atoms with Gasteiger partial charge in [-0.15, -0.1) is 0 Å². The van der Waals surface area contributed by atoms with Gasteiger partial charge in [0, 0.05) is 18.4 Å². The first kappa shape index (κ1) is 12.6. The monoisotopic (exact) mass is 253 g/mol. The zero-order chi connectivity index (χ0) is 13.7. The van der Waals surface area contributed by atoms with Crippen molar-refractivity contribution in [2.75, 3.05) is 5.32 Å². The number of nitrogens with one attached hydrogen (secondary N) is 1. The quantitative estimate of drug-likeness (QED) is 0.872. The van der Waals surface area contributed by atoms with E-state index in [0.717, 1.165) is 11.3 Å². The van der Waals surface area contributed by atoms with Gasteiger partial charge < -0.3 is 10.4 Å². The van der Waals surface area contributed by atoms with Crippen molar-refractivity contribution in [3.63, 3.8) is 0 Å². The van der Waals surface area contributed by atoms with Crippen LogP contribution in [-0.2, 0) is 6.54 Å². The third-order valence-corrected chi connectivity index (χ3v) is 2.55. The van der Waals surface area contributed by atoms with Crippen molar-refractivity contribution in [1.29, 1.82) is 5.26 Å². The second-order valence-corrected chi connectivity index (χ2v) is 3.90. The molecule has 0 aliphatic rings. The van der Waals surface area contributed by atoms with Gasteiger partial charge in [0.05, 0.1) is 5.56 Å². The second-order valence-electron chi connectivity index (χ2n) is 3.90. The Morgan fingerprint density at radius 2 is 2.21 bits per heavy atom. The lowest BCUT2D eigenvalue weighted by Crippen LogP contribution is -2.02. The third-order valence-electron chi connectivity index (χ3n) is 2.55. The maximum Gasteiger partial charge on any atom is 0.335 e. The Bertz CT molecular complexity index is 647. The Balaban J connectivity index is 2.08. The molecule has 1 aromatic carbocycles. The molecule has 5 heteroatoms. The molecule has 0 aliphatic heterocycles. The number of rotatable bonds is 4. The lowest BCUT2D eigenvalue weighted by Gasteiger charge is -2.07. The molecule has 1 aromatic heterocycles. The third kappa shape index (κ3) is 3.30. The van der Waals surface area contributed by atoms with Crippen molar-refractivity contribution in [1.82, 2.24) is 4.98 Å². The first-order chi connectivity index (χ1) is 9.19. The van der Waals surface area contributed by atoms with E-state index in [4.69, 9.17) is 10.4 Å². The van der Waals surface area contributed by atoms with Gasteiger partial charge in [0.15, 0.2) is 0 Å². The molecular weight excluding hydrogens is 242 g/mol. The summed E-state index contributed by atoms with van der Waals surface area (Å²) in [4.78, 5) is 14.7.